The van der Waals surface area contributed by atoms with Crippen LogP contribution in [0.25, 0.3) is 0 Å². The average Bonchev–Trinajstić information content (AvgIpc) is 2.78. The molecule has 2 rings (SSSR count). The van der Waals surface area contributed by atoms with Crippen molar-refractivity contribution >= 4 is 11.9 Å². The smallest absolute Gasteiger partial charge is 0.308 e. The minimum atomic E-state index is -1.71. The van der Waals surface area contributed by atoms with Gasteiger partial charge in [-0.25, -0.2) is 13.2 Å². The average molecular weight is 287 g/mol. The molecule has 1 aromatic rings. The maximum Gasteiger partial charge on any atom is 0.308 e. The van der Waals surface area contributed by atoms with Crippen LogP contribution < -0.4 is 0 Å². The van der Waals surface area contributed by atoms with E-state index in [0.717, 1.165) is 11.0 Å². The Labute approximate surface area is 112 Å². The van der Waals surface area contributed by atoms with Crippen molar-refractivity contribution in [3.8, 4) is 0 Å². The highest BCUT2D eigenvalue weighted by molar-refractivity contribution is 5.95. The molecule has 1 amide bonds. The molecule has 2 atom stereocenters. The fourth-order valence-corrected chi connectivity index (χ4v) is 2.32. The zero-order valence-electron chi connectivity index (χ0n) is 10.6. The van der Waals surface area contributed by atoms with Gasteiger partial charge in [-0.15, -0.1) is 0 Å². The lowest BCUT2D eigenvalue weighted by Gasteiger charge is -2.16. The number of likely N-dealkylation sites (tertiary alicyclic amines) is 1. The summed E-state index contributed by atoms with van der Waals surface area (Å²) >= 11 is 0. The summed E-state index contributed by atoms with van der Waals surface area (Å²) in [6, 6.07) is 1.52. The number of carbonyl (C=O) groups excluding carboxylic acids is 1. The summed E-state index contributed by atoms with van der Waals surface area (Å²) in [6.07, 6.45) is 0. The number of hydrogen-bond acceptors (Lipinski definition) is 2. The van der Waals surface area contributed by atoms with Crippen molar-refractivity contribution in [3.05, 3.63) is 35.1 Å². The minimum absolute atomic E-state index is 0.0756. The number of benzene rings is 1. The molecule has 1 N–H and O–H groups in total. The highest BCUT2D eigenvalue weighted by atomic mass is 19.2. The van der Waals surface area contributed by atoms with Gasteiger partial charge in [0.2, 0.25) is 0 Å². The summed E-state index contributed by atoms with van der Waals surface area (Å²) in [5.41, 5.74) is -0.595. The second kappa shape index (κ2) is 5.15. The molecule has 0 spiro atoms. The van der Waals surface area contributed by atoms with E-state index in [0.29, 0.717) is 6.07 Å². The van der Waals surface area contributed by atoms with Gasteiger partial charge in [0.15, 0.2) is 17.5 Å². The van der Waals surface area contributed by atoms with E-state index in [2.05, 4.69) is 0 Å². The van der Waals surface area contributed by atoms with E-state index >= 15 is 0 Å². The molecule has 108 valence electrons. The van der Waals surface area contributed by atoms with Gasteiger partial charge < -0.3 is 10.0 Å². The lowest BCUT2D eigenvalue weighted by Crippen LogP contribution is -2.30. The van der Waals surface area contributed by atoms with Crippen LogP contribution in [0.15, 0.2) is 12.1 Å². The van der Waals surface area contributed by atoms with Crippen molar-refractivity contribution in [1.82, 2.24) is 4.90 Å². The van der Waals surface area contributed by atoms with E-state index in [1.807, 2.05) is 0 Å². The van der Waals surface area contributed by atoms with Crippen molar-refractivity contribution in [2.75, 3.05) is 13.1 Å². The molecule has 0 saturated carbocycles. The topological polar surface area (TPSA) is 57.6 Å². The van der Waals surface area contributed by atoms with Crippen LogP contribution in [0.2, 0.25) is 0 Å². The van der Waals surface area contributed by atoms with Gasteiger partial charge in [0.1, 0.15) is 0 Å². The van der Waals surface area contributed by atoms with Gasteiger partial charge in [0, 0.05) is 13.1 Å². The molecule has 1 fully saturated rings. The number of carbonyl (C=O) groups is 2. The first kappa shape index (κ1) is 14.4. The van der Waals surface area contributed by atoms with Gasteiger partial charge in [-0.3, -0.25) is 9.59 Å². The lowest BCUT2D eigenvalue weighted by atomic mass is 9.99. The van der Waals surface area contributed by atoms with E-state index in [4.69, 9.17) is 5.11 Å². The molecule has 7 heteroatoms. The third-order valence-electron chi connectivity index (χ3n) is 3.48. The zero-order valence-corrected chi connectivity index (χ0v) is 10.6. The largest absolute Gasteiger partial charge is 0.481 e. The van der Waals surface area contributed by atoms with Crippen LogP contribution in [-0.4, -0.2) is 35.0 Å². The maximum atomic E-state index is 13.5. The highest BCUT2D eigenvalue weighted by Gasteiger charge is 2.38. The van der Waals surface area contributed by atoms with Crippen molar-refractivity contribution in [2.24, 2.45) is 11.8 Å². The summed E-state index contributed by atoms with van der Waals surface area (Å²) in [5.74, 6) is -7.55. The minimum Gasteiger partial charge on any atom is -0.481 e. The van der Waals surface area contributed by atoms with Crippen molar-refractivity contribution in [3.63, 3.8) is 0 Å². The lowest BCUT2D eigenvalue weighted by molar-refractivity contribution is -0.142. The Morgan fingerprint density at radius 3 is 2.40 bits per heavy atom. The number of halogens is 3. The number of amides is 1. The first-order valence-electron chi connectivity index (χ1n) is 5.98. The summed E-state index contributed by atoms with van der Waals surface area (Å²) in [6.45, 7) is 1.72. The predicted octanol–water partition coefficient (Wildman–Crippen LogP) is 1.90. The maximum absolute atomic E-state index is 13.5. The Kier molecular flexibility index (Phi) is 3.69. The zero-order chi connectivity index (χ0) is 15.0. The molecule has 0 bridgehead atoms. The van der Waals surface area contributed by atoms with Gasteiger partial charge in [-0.05, 0) is 18.1 Å². The molecule has 0 unspecified atom stereocenters. The van der Waals surface area contributed by atoms with Crippen molar-refractivity contribution in [2.45, 2.75) is 6.92 Å². The molecule has 20 heavy (non-hydrogen) atoms. The monoisotopic (exact) mass is 287 g/mol. The third kappa shape index (κ3) is 2.35. The van der Waals surface area contributed by atoms with Crippen LogP contribution in [0.4, 0.5) is 13.2 Å². The van der Waals surface area contributed by atoms with Gasteiger partial charge in [-0.2, -0.15) is 0 Å². The van der Waals surface area contributed by atoms with Crippen LogP contribution in [0.1, 0.15) is 17.3 Å². The molecule has 1 aliphatic heterocycles. The van der Waals surface area contributed by atoms with Crippen molar-refractivity contribution < 1.29 is 27.9 Å². The Hall–Kier alpha value is -2.05. The molecular formula is C13H12F3NO3. The molecule has 1 heterocycles. The Morgan fingerprint density at radius 2 is 1.85 bits per heavy atom. The number of nitrogens with zero attached hydrogens (tertiary/aromatic N) is 1. The summed E-state index contributed by atoms with van der Waals surface area (Å²) in [4.78, 5) is 24.1. The molecule has 1 saturated heterocycles. The second-order valence-electron chi connectivity index (χ2n) is 4.86. The van der Waals surface area contributed by atoms with E-state index < -0.39 is 40.8 Å². The molecule has 1 aromatic carbocycles. The fraction of sp³-hybridized carbons (Fsp3) is 0.385. The fourth-order valence-electron chi connectivity index (χ4n) is 2.32. The normalized spacial score (nSPS) is 22.1. The van der Waals surface area contributed by atoms with Crippen LogP contribution in [0.3, 0.4) is 0 Å². The number of hydrogen-bond donors (Lipinski definition) is 1. The molecule has 0 aromatic heterocycles. The Bertz CT molecular complexity index is 576. The Balaban J connectivity index is 2.26. The molecule has 1 aliphatic rings. The molecule has 0 radical (unpaired) electrons. The van der Waals surface area contributed by atoms with Gasteiger partial charge in [-0.1, -0.05) is 6.92 Å². The van der Waals surface area contributed by atoms with E-state index in [1.165, 1.54) is 0 Å². The van der Waals surface area contributed by atoms with Crippen LogP contribution >= 0.6 is 0 Å². The molecular weight excluding hydrogens is 275 g/mol. The first-order valence-corrected chi connectivity index (χ1v) is 5.98. The van der Waals surface area contributed by atoms with Gasteiger partial charge >= 0.3 is 5.97 Å². The van der Waals surface area contributed by atoms with Crippen LogP contribution in [0, 0.1) is 29.3 Å². The Morgan fingerprint density at radius 1 is 1.20 bits per heavy atom. The molecule has 4 nitrogen and oxygen atoms in total. The quantitative estimate of drug-likeness (QED) is 0.845. The standard InChI is InChI=1S/C13H12F3NO3/c1-6-4-17(5-8(6)13(19)20)12(18)7-2-3-9(14)11(16)10(7)15/h2-3,6,8H,4-5H2,1H3,(H,19,20)/t6-,8-/m1/s1. The van der Waals surface area contributed by atoms with E-state index in [-0.39, 0.29) is 19.0 Å². The summed E-state index contributed by atoms with van der Waals surface area (Å²) in [5, 5.41) is 8.97. The number of carboxylic acids is 1. The number of carboxylic acid groups (broad SMARTS) is 1. The van der Waals surface area contributed by atoms with Gasteiger partial charge in [0.05, 0.1) is 11.5 Å². The summed E-state index contributed by atoms with van der Waals surface area (Å²) < 4.78 is 39.5. The van der Waals surface area contributed by atoms with E-state index in [9.17, 15) is 22.8 Å². The summed E-state index contributed by atoms with van der Waals surface area (Å²) in [7, 11) is 0. The predicted molar refractivity (Wildman–Crippen MR) is 62.5 cm³/mol. The van der Waals surface area contributed by atoms with Crippen molar-refractivity contribution in [1.29, 1.82) is 0 Å². The van der Waals surface area contributed by atoms with Crippen LogP contribution in [0.5, 0.6) is 0 Å². The second-order valence-corrected chi connectivity index (χ2v) is 4.86. The molecule has 0 aliphatic carbocycles. The third-order valence-corrected chi connectivity index (χ3v) is 3.48. The SMILES string of the molecule is C[C@@H]1CN(C(=O)c2ccc(F)c(F)c2F)C[C@H]1C(=O)O. The first-order chi connectivity index (χ1) is 9.32. The van der Waals surface area contributed by atoms with E-state index in [1.54, 1.807) is 6.92 Å². The highest BCUT2D eigenvalue weighted by Crippen LogP contribution is 2.26. The number of aliphatic carboxylic acids is 1. The number of rotatable bonds is 2. The van der Waals surface area contributed by atoms with Crippen LogP contribution in [-0.2, 0) is 4.79 Å². The van der Waals surface area contributed by atoms with Gasteiger partial charge in [0.25, 0.3) is 5.91 Å².